The van der Waals surface area contributed by atoms with Gasteiger partial charge in [-0.1, -0.05) is 21.6 Å². The van der Waals surface area contributed by atoms with Crippen molar-refractivity contribution >= 4 is 33.8 Å². The van der Waals surface area contributed by atoms with E-state index in [1.165, 1.54) is 0 Å². The highest BCUT2D eigenvalue weighted by Crippen LogP contribution is 2.46. The average molecular weight is 625 g/mol. The first kappa shape index (κ1) is 35.1. The van der Waals surface area contributed by atoms with Crippen LogP contribution in [0.2, 0.25) is 0 Å². The van der Waals surface area contributed by atoms with Crippen LogP contribution in [0.5, 0.6) is 23.0 Å². The lowest BCUT2D eigenvalue weighted by Gasteiger charge is -2.20. The summed E-state index contributed by atoms with van der Waals surface area (Å²) >= 11 is 0. The minimum Gasteiger partial charge on any atom is -0.493 e. The molecule has 0 heterocycles. The van der Waals surface area contributed by atoms with E-state index in [0.717, 1.165) is 20.9 Å². The van der Waals surface area contributed by atoms with Gasteiger partial charge in [-0.25, -0.2) is 9.59 Å². The van der Waals surface area contributed by atoms with Gasteiger partial charge < -0.3 is 39.1 Å². The lowest BCUT2D eigenvalue weighted by molar-refractivity contribution is 0.0517. The summed E-state index contributed by atoms with van der Waals surface area (Å²) in [4.78, 5) is 26.2. The van der Waals surface area contributed by atoms with Gasteiger partial charge in [0.1, 0.15) is 11.2 Å². The summed E-state index contributed by atoms with van der Waals surface area (Å²) in [5.41, 5.74) is 0.777. The van der Waals surface area contributed by atoms with Crippen molar-refractivity contribution < 1.29 is 38.0 Å². The van der Waals surface area contributed by atoms with Crippen molar-refractivity contribution in [2.24, 2.45) is 0 Å². The van der Waals surface area contributed by atoms with Gasteiger partial charge >= 0.3 is 12.2 Å². The van der Waals surface area contributed by atoms with Crippen molar-refractivity contribution in [1.29, 1.82) is 0 Å². The SMILES string of the molecule is COc1cc(CCNC(=O)OC(C)(C)C)c(SSc2cc(OC)c(OC)cc2CCNC(=O)OC(C)(C)C)cc1OC. The maximum Gasteiger partial charge on any atom is 0.407 e. The number of hydrogen-bond acceptors (Lipinski definition) is 10. The number of alkyl carbamates (subject to hydrolysis) is 2. The van der Waals surface area contributed by atoms with Gasteiger partial charge in [0.15, 0.2) is 23.0 Å². The number of carbonyl (C=O) groups excluding carboxylic acids is 2. The molecule has 0 saturated carbocycles. The minimum atomic E-state index is -0.579. The highest BCUT2D eigenvalue weighted by Gasteiger charge is 2.19. The summed E-state index contributed by atoms with van der Waals surface area (Å²) in [5.74, 6) is 2.38. The minimum absolute atomic E-state index is 0.376. The van der Waals surface area contributed by atoms with Gasteiger partial charge in [0.2, 0.25) is 0 Å². The van der Waals surface area contributed by atoms with E-state index in [0.29, 0.717) is 48.9 Å². The molecule has 10 nitrogen and oxygen atoms in total. The molecule has 42 heavy (non-hydrogen) atoms. The summed E-state index contributed by atoms with van der Waals surface area (Å²) in [6.07, 6.45) is 0.144. The Bertz CT molecular complexity index is 1120. The van der Waals surface area contributed by atoms with E-state index in [9.17, 15) is 9.59 Å². The fraction of sp³-hybridized carbons (Fsp3) is 0.533. The van der Waals surface area contributed by atoms with E-state index in [4.69, 9.17) is 28.4 Å². The van der Waals surface area contributed by atoms with Crippen LogP contribution in [-0.4, -0.2) is 64.9 Å². The molecular weight excluding hydrogens is 580 g/mol. The van der Waals surface area contributed by atoms with E-state index in [2.05, 4.69) is 10.6 Å². The van der Waals surface area contributed by atoms with Gasteiger partial charge in [-0.05, 0) is 89.8 Å². The van der Waals surface area contributed by atoms with Gasteiger partial charge in [0.05, 0.1) is 28.4 Å². The molecule has 0 aromatic heterocycles. The molecular formula is C30H44N2O8S2. The van der Waals surface area contributed by atoms with Crippen LogP contribution < -0.4 is 29.6 Å². The van der Waals surface area contributed by atoms with Gasteiger partial charge in [-0.2, -0.15) is 0 Å². The molecule has 2 N–H and O–H groups in total. The Balaban J connectivity index is 2.28. The molecule has 0 saturated heterocycles. The molecule has 2 rings (SSSR count). The molecule has 0 unspecified atom stereocenters. The third kappa shape index (κ3) is 11.6. The van der Waals surface area contributed by atoms with Crippen LogP contribution in [0.25, 0.3) is 0 Å². The first-order valence-electron chi connectivity index (χ1n) is 13.5. The normalized spacial score (nSPS) is 11.4. The van der Waals surface area contributed by atoms with E-state index in [1.54, 1.807) is 50.0 Å². The van der Waals surface area contributed by atoms with Crippen LogP contribution in [0.4, 0.5) is 9.59 Å². The average Bonchev–Trinajstić information content (AvgIpc) is 2.89. The molecule has 0 fully saturated rings. The molecule has 0 bridgehead atoms. The number of rotatable bonds is 13. The van der Waals surface area contributed by atoms with Crippen molar-refractivity contribution in [2.45, 2.75) is 75.4 Å². The van der Waals surface area contributed by atoms with Crippen LogP contribution in [0.3, 0.4) is 0 Å². The number of nitrogens with one attached hydrogen (secondary N) is 2. The van der Waals surface area contributed by atoms with Crippen LogP contribution in [-0.2, 0) is 22.3 Å². The zero-order valence-electron chi connectivity index (χ0n) is 26.2. The highest BCUT2D eigenvalue weighted by molar-refractivity contribution is 8.76. The molecule has 0 radical (unpaired) electrons. The summed E-state index contributed by atoms with van der Waals surface area (Å²) in [7, 11) is 9.44. The second-order valence-electron chi connectivity index (χ2n) is 11.2. The highest BCUT2D eigenvalue weighted by atomic mass is 33.1. The number of carbonyl (C=O) groups is 2. The number of amides is 2. The smallest absolute Gasteiger partial charge is 0.407 e. The van der Waals surface area contributed by atoms with Crippen molar-refractivity contribution in [3.63, 3.8) is 0 Å². The summed E-state index contributed by atoms with van der Waals surface area (Å²) in [6.45, 7) is 11.7. The fourth-order valence-electron chi connectivity index (χ4n) is 3.67. The Labute approximate surface area is 257 Å². The largest absolute Gasteiger partial charge is 0.493 e. The molecule has 0 spiro atoms. The Morgan fingerprint density at radius 3 is 1.19 bits per heavy atom. The number of hydrogen-bond donors (Lipinski definition) is 2. The Kier molecular flexibility index (Phi) is 13.3. The van der Waals surface area contributed by atoms with E-state index in [-0.39, 0.29) is 0 Å². The first-order chi connectivity index (χ1) is 19.7. The van der Waals surface area contributed by atoms with Crippen molar-refractivity contribution in [3.8, 4) is 23.0 Å². The van der Waals surface area contributed by atoms with Crippen LogP contribution in [0, 0.1) is 0 Å². The van der Waals surface area contributed by atoms with Gasteiger partial charge in [0.25, 0.3) is 0 Å². The molecule has 2 amide bonds. The number of ether oxygens (including phenoxy) is 6. The van der Waals surface area contributed by atoms with Crippen LogP contribution in [0.1, 0.15) is 52.7 Å². The second kappa shape index (κ2) is 15.9. The lowest BCUT2D eigenvalue weighted by atomic mass is 10.1. The molecule has 2 aromatic rings. The zero-order valence-corrected chi connectivity index (χ0v) is 27.9. The summed E-state index contributed by atoms with van der Waals surface area (Å²) < 4.78 is 32.9. The Morgan fingerprint density at radius 2 is 0.905 bits per heavy atom. The van der Waals surface area contributed by atoms with Crippen molar-refractivity contribution in [1.82, 2.24) is 10.6 Å². The van der Waals surface area contributed by atoms with Crippen LogP contribution >= 0.6 is 21.6 Å². The third-order valence-electron chi connectivity index (χ3n) is 5.48. The maximum absolute atomic E-state index is 12.2. The molecule has 12 heteroatoms. The first-order valence-corrected chi connectivity index (χ1v) is 15.6. The second-order valence-corrected chi connectivity index (χ2v) is 13.4. The molecule has 234 valence electrons. The van der Waals surface area contributed by atoms with Crippen molar-refractivity contribution in [3.05, 3.63) is 35.4 Å². The molecule has 2 aromatic carbocycles. The summed E-state index contributed by atoms with van der Waals surface area (Å²) in [5, 5.41) is 5.63. The predicted molar refractivity (Wildman–Crippen MR) is 167 cm³/mol. The third-order valence-corrected chi connectivity index (χ3v) is 8.01. The van der Waals surface area contributed by atoms with Gasteiger partial charge in [-0.15, -0.1) is 0 Å². The monoisotopic (exact) mass is 624 g/mol. The topological polar surface area (TPSA) is 114 Å². The number of methoxy groups -OCH3 is 4. The van der Waals surface area contributed by atoms with E-state index < -0.39 is 23.4 Å². The van der Waals surface area contributed by atoms with Crippen LogP contribution in [0.15, 0.2) is 34.1 Å². The van der Waals surface area contributed by atoms with Crippen molar-refractivity contribution in [2.75, 3.05) is 41.5 Å². The van der Waals surface area contributed by atoms with E-state index in [1.807, 2.05) is 65.8 Å². The molecule has 0 atom stereocenters. The Hall–Kier alpha value is -3.12. The molecule has 0 aliphatic rings. The maximum atomic E-state index is 12.2. The molecule has 0 aliphatic heterocycles. The fourth-order valence-corrected chi connectivity index (χ4v) is 6.16. The lowest BCUT2D eigenvalue weighted by Crippen LogP contribution is -2.33. The molecule has 0 aliphatic carbocycles. The van der Waals surface area contributed by atoms with Gasteiger partial charge in [-0.3, -0.25) is 0 Å². The zero-order chi connectivity index (χ0) is 31.5. The quantitative estimate of drug-likeness (QED) is 0.235. The predicted octanol–water partition coefficient (Wildman–Crippen LogP) is 6.65. The number of benzene rings is 2. The standard InChI is InChI=1S/C30H44N2O8S2/c1-29(2,3)39-27(33)31-13-11-19-15-21(35-7)23(37-9)17-25(19)41-42-26-18-24(38-10)22(36-8)16-20(26)12-14-32-28(34)40-30(4,5)6/h15-18H,11-14H2,1-10H3,(H,31,33)(H,32,34). The Morgan fingerprint density at radius 1 is 0.595 bits per heavy atom. The summed E-state index contributed by atoms with van der Waals surface area (Å²) in [6, 6.07) is 7.67. The van der Waals surface area contributed by atoms with E-state index >= 15 is 0 Å². The van der Waals surface area contributed by atoms with Gasteiger partial charge in [0, 0.05) is 22.9 Å².